The molecule has 0 rings (SSSR count). The predicted octanol–water partition coefficient (Wildman–Crippen LogP) is 7.32. The van der Waals surface area contributed by atoms with Gasteiger partial charge in [0.25, 0.3) is 0 Å². The van der Waals surface area contributed by atoms with Gasteiger partial charge in [-0.1, -0.05) is 80.1 Å². The first-order valence-corrected chi connectivity index (χ1v) is 8.74. The summed E-state index contributed by atoms with van der Waals surface area (Å²) >= 11 is 0. The van der Waals surface area contributed by atoms with Gasteiger partial charge in [-0.05, 0) is 36.5 Å². The summed E-state index contributed by atoms with van der Waals surface area (Å²) in [5.41, 5.74) is 0.865. The molecule has 0 aromatic rings. The molecule has 0 amide bonds. The van der Waals surface area contributed by atoms with Crippen molar-refractivity contribution in [2.75, 3.05) is 0 Å². The first-order chi connectivity index (χ1) is 9.10. The summed E-state index contributed by atoms with van der Waals surface area (Å²) in [5.74, 6) is 0. The van der Waals surface area contributed by atoms with Crippen LogP contribution >= 0.6 is 0 Å². The third-order valence-electron chi connectivity index (χ3n) is 3.89. The van der Waals surface area contributed by atoms with E-state index in [1.165, 1.54) is 38.5 Å². The summed E-state index contributed by atoms with van der Waals surface area (Å²) in [6.07, 6.45) is 10.6. The van der Waals surface area contributed by atoms with E-state index in [0.717, 1.165) is 25.7 Å². The van der Waals surface area contributed by atoms with Crippen LogP contribution in [0.3, 0.4) is 0 Å². The highest BCUT2D eigenvalue weighted by molar-refractivity contribution is 4.64. The molecule has 1 heteroatoms. The molecule has 0 aromatic carbocycles. The fourth-order valence-corrected chi connectivity index (χ4v) is 2.54. The minimum atomic E-state index is -0.556. The number of hydrogen-bond donors (Lipinski definition) is 0. The Kier molecular flexibility index (Phi) is 9.76. The quantitative estimate of drug-likeness (QED) is 0.369. The van der Waals surface area contributed by atoms with Crippen molar-refractivity contribution in [3.05, 3.63) is 0 Å². The van der Waals surface area contributed by atoms with Gasteiger partial charge in [-0.25, -0.2) is 4.39 Å². The molecular formula is C19H39F. The monoisotopic (exact) mass is 286 g/mol. The third kappa shape index (κ3) is 16.0. The van der Waals surface area contributed by atoms with E-state index < -0.39 is 6.17 Å². The average molecular weight is 287 g/mol. The van der Waals surface area contributed by atoms with E-state index in [0.29, 0.717) is 10.8 Å². The van der Waals surface area contributed by atoms with Crippen molar-refractivity contribution in [3.8, 4) is 0 Å². The molecule has 20 heavy (non-hydrogen) atoms. The summed E-state index contributed by atoms with van der Waals surface area (Å²) in [5, 5.41) is 0. The molecule has 0 saturated carbocycles. The Morgan fingerprint density at radius 1 is 0.600 bits per heavy atom. The van der Waals surface area contributed by atoms with Gasteiger partial charge < -0.3 is 0 Å². The zero-order valence-corrected chi connectivity index (χ0v) is 15.0. The molecule has 0 spiro atoms. The second-order valence-corrected chi connectivity index (χ2v) is 8.92. The molecule has 0 heterocycles. The Morgan fingerprint density at radius 2 is 0.950 bits per heavy atom. The van der Waals surface area contributed by atoms with E-state index in [1.54, 1.807) is 0 Å². The van der Waals surface area contributed by atoms with Crippen molar-refractivity contribution in [1.82, 2.24) is 0 Å². The van der Waals surface area contributed by atoms with Gasteiger partial charge in [0.2, 0.25) is 0 Å². The highest BCUT2D eigenvalue weighted by Gasteiger charge is 2.11. The molecule has 0 aliphatic carbocycles. The molecule has 0 bridgehead atoms. The molecule has 0 atom stereocenters. The predicted molar refractivity (Wildman–Crippen MR) is 90.0 cm³/mol. The maximum absolute atomic E-state index is 13.7. The Hall–Kier alpha value is -0.0700. The summed E-state index contributed by atoms with van der Waals surface area (Å²) in [4.78, 5) is 0. The van der Waals surface area contributed by atoms with Crippen molar-refractivity contribution in [1.29, 1.82) is 0 Å². The van der Waals surface area contributed by atoms with Gasteiger partial charge in [0.05, 0.1) is 0 Å². The van der Waals surface area contributed by atoms with Crippen molar-refractivity contribution in [3.63, 3.8) is 0 Å². The Morgan fingerprint density at radius 3 is 1.25 bits per heavy atom. The van der Waals surface area contributed by atoms with E-state index in [4.69, 9.17) is 0 Å². The minimum Gasteiger partial charge on any atom is -0.247 e. The van der Waals surface area contributed by atoms with Crippen LogP contribution in [0.15, 0.2) is 0 Å². The van der Waals surface area contributed by atoms with E-state index in [9.17, 15) is 4.39 Å². The number of unbranched alkanes of at least 4 members (excludes halogenated alkanes) is 4. The molecule has 0 saturated heterocycles. The molecule has 0 fully saturated rings. The SMILES string of the molecule is CC(C)(C)CCCCCC(F)CCCCCC(C)(C)C. The molecule has 0 nitrogen and oxygen atoms in total. The summed E-state index contributed by atoms with van der Waals surface area (Å²) in [7, 11) is 0. The molecule has 0 aliphatic rings. The molecule has 0 N–H and O–H groups in total. The van der Waals surface area contributed by atoms with E-state index in [-0.39, 0.29) is 0 Å². The fraction of sp³-hybridized carbons (Fsp3) is 1.00. The lowest BCUT2D eigenvalue weighted by atomic mass is 9.89. The van der Waals surface area contributed by atoms with Crippen molar-refractivity contribution < 1.29 is 4.39 Å². The van der Waals surface area contributed by atoms with Gasteiger partial charge in [-0.2, -0.15) is 0 Å². The van der Waals surface area contributed by atoms with Gasteiger partial charge in [0, 0.05) is 0 Å². The van der Waals surface area contributed by atoms with Crippen molar-refractivity contribution in [2.45, 2.75) is 112 Å². The smallest absolute Gasteiger partial charge is 0.100 e. The average Bonchev–Trinajstić information content (AvgIpc) is 2.25. The fourth-order valence-electron chi connectivity index (χ4n) is 2.54. The molecule has 0 aliphatic heterocycles. The second-order valence-electron chi connectivity index (χ2n) is 8.92. The lowest BCUT2D eigenvalue weighted by molar-refractivity contribution is 0.272. The Labute approximate surface area is 127 Å². The van der Waals surface area contributed by atoms with Crippen LogP contribution < -0.4 is 0 Å². The Bertz CT molecular complexity index is 195. The first kappa shape index (κ1) is 19.9. The molecular weight excluding hydrogens is 247 g/mol. The van der Waals surface area contributed by atoms with Crippen molar-refractivity contribution >= 4 is 0 Å². The summed E-state index contributed by atoms with van der Waals surface area (Å²) in [6.45, 7) is 13.7. The van der Waals surface area contributed by atoms with Crippen LogP contribution in [0.2, 0.25) is 0 Å². The number of rotatable bonds is 10. The van der Waals surface area contributed by atoms with Gasteiger partial charge in [0.15, 0.2) is 0 Å². The highest BCUT2D eigenvalue weighted by atomic mass is 19.1. The molecule has 0 aromatic heterocycles. The maximum Gasteiger partial charge on any atom is 0.100 e. The minimum absolute atomic E-state index is 0.433. The molecule has 0 unspecified atom stereocenters. The number of hydrogen-bond acceptors (Lipinski definition) is 0. The Balaban J connectivity index is 3.35. The van der Waals surface area contributed by atoms with Crippen LogP contribution in [-0.2, 0) is 0 Å². The normalized spacial score (nSPS) is 13.2. The standard InChI is InChI=1S/C19H39F/c1-18(2,3)15-11-7-9-13-17(20)14-10-8-12-16-19(4,5)6/h17H,7-16H2,1-6H3. The topological polar surface area (TPSA) is 0 Å². The van der Waals surface area contributed by atoms with Gasteiger partial charge in [0.1, 0.15) is 6.17 Å². The van der Waals surface area contributed by atoms with Gasteiger partial charge >= 0.3 is 0 Å². The summed E-state index contributed by atoms with van der Waals surface area (Å²) < 4.78 is 13.7. The number of halogens is 1. The maximum atomic E-state index is 13.7. The summed E-state index contributed by atoms with van der Waals surface area (Å²) in [6, 6.07) is 0. The molecule has 0 radical (unpaired) electrons. The molecule has 122 valence electrons. The lowest BCUT2D eigenvalue weighted by Crippen LogP contribution is -2.05. The number of alkyl halides is 1. The largest absolute Gasteiger partial charge is 0.247 e. The van der Waals surface area contributed by atoms with E-state index in [2.05, 4.69) is 41.5 Å². The zero-order chi connectivity index (χ0) is 15.6. The highest BCUT2D eigenvalue weighted by Crippen LogP contribution is 2.24. The van der Waals surface area contributed by atoms with Gasteiger partial charge in [-0.3, -0.25) is 0 Å². The van der Waals surface area contributed by atoms with Crippen LogP contribution in [0, 0.1) is 10.8 Å². The first-order valence-electron chi connectivity index (χ1n) is 8.74. The lowest BCUT2D eigenvalue weighted by Gasteiger charge is -2.18. The van der Waals surface area contributed by atoms with Crippen LogP contribution in [0.1, 0.15) is 106 Å². The van der Waals surface area contributed by atoms with Crippen LogP contribution in [0.25, 0.3) is 0 Å². The van der Waals surface area contributed by atoms with Crippen LogP contribution in [0.4, 0.5) is 4.39 Å². The van der Waals surface area contributed by atoms with Gasteiger partial charge in [-0.15, -0.1) is 0 Å². The third-order valence-corrected chi connectivity index (χ3v) is 3.89. The zero-order valence-electron chi connectivity index (χ0n) is 15.0. The van der Waals surface area contributed by atoms with Crippen LogP contribution in [-0.4, -0.2) is 6.17 Å². The van der Waals surface area contributed by atoms with Crippen LogP contribution in [0.5, 0.6) is 0 Å². The second kappa shape index (κ2) is 9.79. The van der Waals surface area contributed by atoms with Crippen molar-refractivity contribution in [2.24, 2.45) is 10.8 Å². The van der Waals surface area contributed by atoms with E-state index in [1.807, 2.05) is 0 Å². The van der Waals surface area contributed by atoms with E-state index >= 15 is 0 Å².